The lowest BCUT2D eigenvalue weighted by atomic mass is 9.91. The first-order chi connectivity index (χ1) is 17.4. The molecule has 1 aliphatic rings. The van der Waals surface area contributed by atoms with Crippen molar-refractivity contribution in [3.05, 3.63) is 88.5 Å². The molecule has 1 fully saturated rings. The summed E-state index contributed by atoms with van der Waals surface area (Å²) in [5.74, 6) is -4.35. The Kier molecular flexibility index (Phi) is 8.68. The van der Waals surface area contributed by atoms with E-state index in [1.54, 1.807) is 6.92 Å². The van der Waals surface area contributed by atoms with Crippen LogP contribution in [0.5, 0.6) is 5.75 Å². The molecule has 3 aromatic carbocycles. The first-order valence-corrected chi connectivity index (χ1v) is 12.7. The fourth-order valence-corrected chi connectivity index (χ4v) is 4.88. The Morgan fingerprint density at radius 3 is 2.11 bits per heavy atom. The number of halogens is 4. The van der Waals surface area contributed by atoms with Gasteiger partial charge in [-0.2, -0.15) is 4.39 Å². The molecule has 4 rings (SSSR count). The lowest BCUT2D eigenvalue weighted by Gasteiger charge is -2.29. The van der Waals surface area contributed by atoms with Crippen LogP contribution in [0, 0.1) is 29.2 Å². The molecule has 0 aromatic heterocycles. The van der Waals surface area contributed by atoms with Crippen LogP contribution in [-0.2, 0) is 17.6 Å². The SMILES string of the molecule is CCCC1CCC(c2ccc(CCc3ccc(-c4ccc(OCC)c(F)c4F)c(F)c3F)cc2)OC1. The number of hydrogen-bond acceptors (Lipinski definition) is 2. The third-order valence-corrected chi connectivity index (χ3v) is 6.90. The van der Waals surface area contributed by atoms with Crippen LogP contribution in [0.3, 0.4) is 0 Å². The summed E-state index contributed by atoms with van der Waals surface area (Å²) < 4.78 is 69.5. The third kappa shape index (κ3) is 5.75. The molecule has 0 bridgehead atoms. The molecule has 2 atom stereocenters. The molecule has 0 saturated carbocycles. The minimum atomic E-state index is -1.27. The highest BCUT2D eigenvalue weighted by Crippen LogP contribution is 2.34. The van der Waals surface area contributed by atoms with Crippen LogP contribution in [0.25, 0.3) is 11.1 Å². The molecule has 0 radical (unpaired) electrons. The molecule has 6 heteroatoms. The van der Waals surface area contributed by atoms with Crippen molar-refractivity contribution in [2.24, 2.45) is 5.92 Å². The Balaban J connectivity index is 1.42. The van der Waals surface area contributed by atoms with Gasteiger partial charge in [-0.3, -0.25) is 0 Å². The van der Waals surface area contributed by atoms with E-state index >= 15 is 0 Å². The van der Waals surface area contributed by atoms with Crippen LogP contribution in [0.1, 0.15) is 62.3 Å². The summed E-state index contributed by atoms with van der Waals surface area (Å²) >= 11 is 0. The minimum absolute atomic E-state index is 0.110. The zero-order chi connectivity index (χ0) is 25.7. The molecular weight excluding hydrogens is 468 g/mol. The fraction of sp³-hybridized carbons (Fsp3) is 0.400. The number of rotatable bonds is 9. The monoisotopic (exact) mass is 500 g/mol. The highest BCUT2D eigenvalue weighted by Gasteiger charge is 2.23. The summed E-state index contributed by atoms with van der Waals surface area (Å²) in [5, 5.41) is 0. The molecule has 0 aliphatic carbocycles. The summed E-state index contributed by atoms with van der Waals surface area (Å²) in [6.07, 6.45) is 5.48. The van der Waals surface area contributed by atoms with Gasteiger partial charge < -0.3 is 9.47 Å². The van der Waals surface area contributed by atoms with Gasteiger partial charge in [-0.05, 0) is 73.8 Å². The smallest absolute Gasteiger partial charge is 0.201 e. The predicted octanol–water partition coefficient (Wildman–Crippen LogP) is 8.36. The van der Waals surface area contributed by atoms with Gasteiger partial charge >= 0.3 is 0 Å². The van der Waals surface area contributed by atoms with E-state index in [0.29, 0.717) is 12.3 Å². The Morgan fingerprint density at radius 1 is 0.778 bits per heavy atom. The average Bonchev–Trinajstić information content (AvgIpc) is 2.89. The lowest BCUT2D eigenvalue weighted by Crippen LogP contribution is -2.20. The molecule has 1 aliphatic heterocycles. The first kappa shape index (κ1) is 26.2. The Hall–Kier alpha value is -2.86. The summed E-state index contributed by atoms with van der Waals surface area (Å²) in [5.41, 5.74) is 1.65. The number of aryl methyl sites for hydroxylation is 2. The number of hydrogen-bond donors (Lipinski definition) is 0. The quantitative estimate of drug-likeness (QED) is 0.275. The van der Waals surface area contributed by atoms with Crippen molar-refractivity contribution < 1.29 is 27.0 Å². The van der Waals surface area contributed by atoms with Gasteiger partial charge in [0, 0.05) is 11.1 Å². The van der Waals surface area contributed by atoms with Gasteiger partial charge in [-0.15, -0.1) is 0 Å². The summed E-state index contributed by atoms with van der Waals surface area (Å²) in [6, 6.07) is 13.2. The number of benzene rings is 3. The van der Waals surface area contributed by atoms with E-state index in [-0.39, 0.29) is 41.6 Å². The molecule has 3 aromatic rings. The van der Waals surface area contributed by atoms with Crippen molar-refractivity contribution in [1.82, 2.24) is 0 Å². The van der Waals surface area contributed by atoms with Gasteiger partial charge in [0.15, 0.2) is 23.2 Å². The molecule has 1 saturated heterocycles. The highest BCUT2D eigenvalue weighted by atomic mass is 19.2. The topological polar surface area (TPSA) is 18.5 Å². The van der Waals surface area contributed by atoms with Crippen molar-refractivity contribution >= 4 is 0 Å². The van der Waals surface area contributed by atoms with Crippen LogP contribution in [0.4, 0.5) is 17.6 Å². The van der Waals surface area contributed by atoms with Crippen LogP contribution in [-0.4, -0.2) is 13.2 Å². The lowest BCUT2D eigenvalue weighted by molar-refractivity contribution is -0.0194. The van der Waals surface area contributed by atoms with Crippen LogP contribution < -0.4 is 4.74 Å². The van der Waals surface area contributed by atoms with Crippen molar-refractivity contribution in [2.45, 2.75) is 58.5 Å². The zero-order valence-electron chi connectivity index (χ0n) is 20.8. The maximum absolute atomic E-state index is 14.9. The van der Waals surface area contributed by atoms with E-state index < -0.39 is 23.3 Å². The second-order valence-corrected chi connectivity index (χ2v) is 9.37. The Bertz CT molecular complexity index is 1170. The highest BCUT2D eigenvalue weighted by molar-refractivity contribution is 5.66. The minimum Gasteiger partial charge on any atom is -0.491 e. The molecular formula is C30H32F4O2. The van der Waals surface area contributed by atoms with E-state index in [9.17, 15) is 17.6 Å². The second kappa shape index (κ2) is 11.9. The van der Waals surface area contributed by atoms with Gasteiger partial charge in [0.2, 0.25) is 5.82 Å². The van der Waals surface area contributed by atoms with Crippen molar-refractivity contribution in [3.63, 3.8) is 0 Å². The molecule has 192 valence electrons. The predicted molar refractivity (Wildman–Crippen MR) is 133 cm³/mol. The van der Waals surface area contributed by atoms with E-state index in [1.807, 2.05) is 24.3 Å². The Morgan fingerprint density at radius 2 is 1.47 bits per heavy atom. The van der Waals surface area contributed by atoms with Crippen molar-refractivity contribution in [2.75, 3.05) is 13.2 Å². The second-order valence-electron chi connectivity index (χ2n) is 9.37. The average molecular weight is 501 g/mol. The fourth-order valence-electron chi connectivity index (χ4n) is 4.88. The normalized spacial score (nSPS) is 17.8. The van der Waals surface area contributed by atoms with Gasteiger partial charge in [0.05, 0.1) is 19.3 Å². The van der Waals surface area contributed by atoms with Gasteiger partial charge in [-0.1, -0.05) is 49.7 Å². The summed E-state index contributed by atoms with van der Waals surface area (Å²) in [6.45, 7) is 4.79. The molecule has 36 heavy (non-hydrogen) atoms. The van der Waals surface area contributed by atoms with E-state index in [1.165, 1.54) is 43.5 Å². The summed E-state index contributed by atoms with van der Waals surface area (Å²) in [4.78, 5) is 0. The number of ether oxygens (including phenoxy) is 2. The van der Waals surface area contributed by atoms with Gasteiger partial charge in [-0.25, -0.2) is 13.2 Å². The first-order valence-electron chi connectivity index (χ1n) is 12.7. The molecule has 0 spiro atoms. The van der Waals surface area contributed by atoms with Gasteiger partial charge in [0.1, 0.15) is 0 Å². The molecule has 1 heterocycles. The van der Waals surface area contributed by atoms with E-state index in [2.05, 4.69) is 6.92 Å². The maximum atomic E-state index is 14.9. The van der Waals surface area contributed by atoms with Crippen LogP contribution in [0.2, 0.25) is 0 Å². The van der Waals surface area contributed by atoms with Crippen molar-refractivity contribution in [3.8, 4) is 16.9 Å². The van der Waals surface area contributed by atoms with E-state index in [4.69, 9.17) is 9.47 Å². The molecule has 2 nitrogen and oxygen atoms in total. The van der Waals surface area contributed by atoms with E-state index in [0.717, 1.165) is 24.2 Å². The van der Waals surface area contributed by atoms with Crippen LogP contribution >= 0.6 is 0 Å². The van der Waals surface area contributed by atoms with Crippen LogP contribution in [0.15, 0.2) is 48.5 Å². The third-order valence-electron chi connectivity index (χ3n) is 6.90. The maximum Gasteiger partial charge on any atom is 0.201 e. The largest absolute Gasteiger partial charge is 0.491 e. The van der Waals surface area contributed by atoms with Crippen molar-refractivity contribution in [1.29, 1.82) is 0 Å². The summed E-state index contributed by atoms with van der Waals surface area (Å²) in [7, 11) is 0. The molecule has 0 N–H and O–H groups in total. The standard InChI is InChI=1S/C30H32F4O2/c1-3-5-20-9-16-25(36-18-20)21-10-6-19(7-11-21)8-12-22-13-14-23(28(32)27(22)31)24-15-17-26(35-4-2)30(34)29(24)33/h6-7,10-11,13-15,17,20,25H,3-5,8-9,12,16,18H2,1-2H3. The van der Waals surface area contributed by atoms with Gasteiger partial charge in [0.25, 0.3) is 0 Å². The molecule has 2 unspecified atom stereocenters. The zero-order valence-corrected chi connectivity index (χ0v) is 20.8. The Labute approximate surface area is 210 Å². The molecule has 0 amide bonds.